The van der Waals surface area contributed by atoms with Crippen molar-refractivity contribution < 1.29 is 14.3 Å². The second-order valence-electron chi connectivity index (χ2n) is 8.44. The van der Waals surface area contributed by atoms with Crippen molar-refractivity contribution in [1.29, 1.82) is 0 Å². The molecule has 0 spiro atoms. The van der Waals surface area contributed by atoms with Gasteiger partial charge in [-0.05, 0) is 70.4 Å². The molecule has 1 radical (unpaired) electrons. The van der Waals surface area contributed by atoms with Gasteiger partial charge in [-0.1, -0.05) is 45.9 Å². The van der Waals surface area contributed by atoms with Gasteiger partial charge < -0.3 is 9.47 Å². The quantitative estimate of drug-likeness (QED) is 0.334. The third kappa shape index (κ3) is 8.47. The first-order chi connectivity index (χ1) is 13.8. The molecule has 0 saturated carbocycles. The van der Waals surface area contributed by atoms with Gasteiger partial charge in [-0.15, -0.1) is 0 Å². The van der Waals surface area contributed by atoms with Crippen LogP contribution in [0.3, 0.4) is 0 Å². The normalized spacial score (nSPS) is 11.2. The van der Waals surface area contributed by atoms with Crippen molar-refractivity contribution in [1.82, 2.24) is 0 Å². The molecule has 0 saturated heterocycles. The molecule has 0 bridgehead atoms. The number of benzene rings is 2. The van der Waals surface area contributed by atoms with Gasteiger partial charge in [0.15, 0.2) is 5.52 Å². The van der Waals surface area contributed by atoms with Crippen molar-refractivity contribution >= 4 is 38.3 Å². The second-order valence-corrected chi connectivity index (χ2v) is 9.68. The van der Waals surface area contributed by atoms with Crippen LogP contribution in [0.4, 0.5) is 0 Å². The zero-order valence-electron chi connectivity index (χ0n) is 19.7. The van der Waals surface area contributed by atoms with Crippen LogP contribution >= 0.6 is 8.58 Å². The first-order valence-corrected chi connectivity index (χ1v) is 11.5. The van der Waals surface area contributed by atoms with E-state index in [-0.39, 0.29) is 33.0 Å². The summed E-state index contributed by atoms with van der Waals surface area (Å²) in [5, 5.41) is 0.942. The molecule has 0 aliphatic heterocycles. The van der Waals surface area contributed by atoms with Gasteiger partial charge in [-0.2, -0.15) is 0 Å². The summed E-state index contributed by atoms with van der Waals surface area (Å²) in [6.07, 6.45) is 1.99. The van der Waals surface area contributed by atoms with E-state index in [2.05, 4.69) is 27.7 Å². The third-order valence-corrected chi connectivity index (χ3v) is 5.99. The number of carbonyl (C=O) groups excluding carboxylic acids is 1. The van der Waals surface area contributed by atoms with Gasteiger partial charge >= 0.3 is 0 Å². The minimum Gasteiger partial charge on any atom is -0.493 e. The van der Waals surface area contributed by atoms with E-state index < -0.39 is 0 Å². The van der Waals surface area contributed by atoms with Crippen LogP contribution in [-0.4, -0.2) is 37.6 Å². The van der Waals surface area contributed by atoms with Gasteiger partial charge in [0, 0.05) is 35.8 Å². The van der Waals surface area contributed by atoms with Gasteiger partial charge in [-0.25, -0.2) is 0 Å². The molecule has 0 heterocycles. The second kappa shape index (κ2) is 13.2. The molecule has 0 N–H and O–H groups in total. The zero-order chi connectivity index (χ0) is 21.4. The fraction of sp³-hybridized carbons (Fsp3) is 0.480. The minimum absolute atomic E-state index is 0. The maximum Gasteiger partial charge on any atom is 0.186 e. The molecule has 1 unspecified atom stereocenters. The SMILES string of the molecule is Cc1cccc(C)c1C(=O)Pc1ccc(OCCC(C)C)cc1OCCC(C)C.[Li]. The molecule has 2 rings (SSSR count). The van der Waals surface area contributed by atoms with Crippen molar-refractivity contribution in [3.05, 3.63) is 53.1 Å². The Morgan fingerprint density at radius 1 is 0.900 bits per heavy atom. The molecular formula is C25H35LiO3P. The van der Waals surface area contributed by atoms with Crippen LogP contribution in [-0.2, 0) is 0 Å². The molecule has 5 heteroatoms. The monoisotopic (exact) mass is 421 g/mol. The fourth-order valence-corrected chi connectivity index (χ4v) is 4.19. The number of carbonyl (C=O) groups is 1. The molecule has 0 fully saturated rings. The molecule has 0 aliphatic carbocycles. The van der Waals surface area contributed by atoms with Gasteiger partial charge in [0.25, 0.3) is 0 Å². The number of rotatable bonds is 11. The molecule has 1 atom stereocenters. The van der Waals surface area contributed by atoms with Crippen LogP contribution in [0.1, 0.15) is 62.0 Å². The summed E-state index contributed by atoms with van der Waals surface area (Å²) < 4.78 is 12.0. The minimum atomic E-state index is 0. The Hall–Kier alpha value is -1.26. The van der Waals surface area contributed by atoms with E-state index in [1.165, 1.54) is 0 Å². The summed E-state index contributed by atoms with van der Waals surface area (Å²) in [5.74, 6) is 2.75. The number of hydrogen-bond acceptors (Lipinski definition) is 3. The molecule has 3 nitrogen and oxygen atoms in total. The average molecular weight is 421 g/mol. The predicted molar refractivity (Wildman–Crippen MR) is 130 cm³/mol. The van der Waals surface area contributed by atoms with Crippen molar-refractivity contribution in [2.45, 2.75) is 54.4 Å². The first-order valence-electron chi connectivity index (χ1n) is 10.5. The van der Waals surface area contributed by atoms with Crippen molar-refractivity contribution in [2.75, 3.05) is 13.2 Å². The smallest absolute Gasteiger partial charge is 0.186 e. The van der Waals surface area contributed by atoms with E-state index in [1.807, 2.05) is 50.2 Å². The maximum absolute atomic E-state index is 13.0. The summed E-state index contributed by atoms with van der Waals surface area (Å²) in [6.45, 7) is 14.1. The van der Waals surface area contributed by atoms with E-state index in [0.29, 0.717) is 25.0 Å². The standard InChI is InChI=1S/C25H35O3P.Li/c1-17(2)12-14-27-21-10-11-23(22(16-21)28-15-13-18(3)4)29-25(26)24-19(5)8-7-9-20(24)6;/h7-11,16-18,29H,12-15H2,1-6H3;. The Kier molecular flexibility index (Phi) is 11.8. The molecule has 2 aromatic carbocycles. The topological polar surface area (TPSA) is 35.5 Å². The van der Waals surface area contributed by atoms with E-state index in [4.69, 9.17) is 9.47 Å². The number of hydrogen-bond donors (Lipinski definition) is 0. The Morgan fingerprint density at radius 2 is 1.47 bits per heavy atom. The zero-order valence-corrected chi connectivity index (χ0v) is 20.7. The van der Waals surface area contributed by atoms with Gasteiger partial charge in [0.2, 0.25) is 0 Å². The molecule has 0 aliphatic rings. The predicted octanol–water partition coefficient (Wildman–Crippen LogP) is 5.92. The van der Waals surface area contributed by atoms with Crippen molar-refractivity contribution in [3.8, 4) is 11.5 Å². The van der Waals surface area contributed by atoms with Gasteiger partial charge in [-0.3, -0.25) is 4.79 Å². The summed E-state index contributed by atoms with van der Waals surface area (Å²) in [4.78, 5) is 13.0. The van der Waals surface area contributed by atoms with Crippen molar-refractivity contribution in [2.24, 2.45) is 11.8 Å². The van der Waals surface area contributed by atoms with E-state index in [1.54, 1.807) is 0 Å². The number of aryl methyl sites for hydroxylation is 2. The van der Waals surface area contributed by atoms with Crippen LogP contribution in [0.25, 0.3) is 0 Å². The largest absolute Gasteiger partial charge is 0.493 e. The summed E-state index contributed by atoms with van der Waals surface area (Å²) in [6, 6.07) is 11.9. The van der Waals surface area contributed by atoms with E-state index in [0.717, 1.165) is 46.3 Å². The Morgan fingerprint density at radius 3 is 2.03 bits per heavy atom. The maximum atomic E-state index is 13.0. The Bertz CT molecular complexity index is 798. The van der Waals surface area contributed by atoms with Crippen LogP contribution in [0, 0.1) is 25.7 Å². The van der Waals surface area contributed by atoms with E-state index in [9.17, 15) is 4.79 Å². The average Bonchev–Trinajstić information content (AvgIpc) is 2.63. The third-order valence-electron chi connectivity index (χ3n) is 4.83. The summed E-state index contributed by atoms with van der Waals surface area (Å²) >= 11 is 0. The van der Waals surface area contributed by atoms with E-state index >= 15 is 0 Å². The van der Waals surface area contributed by atoms with Crippen LogP contribution in [0.5, 0.6) is 11.5 Å². The molecule has 0 aromatic heterocycles. The fourth-order valence-electron chi connectivity index (χ4n) is 2.99. The first kappa shape index (κ1) is 26.8. The molecule has 159 valence electrons. The molecule has 2 aromatic rings. The van der Waals surface area contributed by atoms with Gasteiger partial charge in [0.05, 0.1) is 13.2 Å². The Balaban J connectivity index is 0.00000450. The van der Waals surface area contributed by atoms with Gasteiger partial charge in [0.1, 0.15) is 11.5 Å². The van der Waals surface area contributed by atoms with Crippen LogP contribution in [0.2, 0.25) is 0 Å². The molecular weight excluding hydrogens is 386 g/mol. The van der Waals surface area contributed by atoms with Crippen LogP contribution < -0.4 is 14.8 Å². The van der Waals surface area contributed by atoms with Crippen LogP contribution in [0.15, 0.2) is 36.4 Å². The van der Waals surface area contributed by atoms with Crippen molar-refractivity contribution in [3.63, 3.8) is 0 Å². The number of ether oxygens (including phenoxy) is 2. The molecule has 0 amide bonds. The summed E-state index contributed by atoms with van der Waals surface area (Å²) in [5.41, 5.74) is 3.04. The Labute approximate surface area is 196 Å². The summed E-state index contributed by atoms with van der Waals surface area (Å²) in [7, 11) is 0.0283. The molecule has 30 heavy (non-hydrogen) atoms.